The van der Waals surface area contributed by atoms with Crippen molar-refractivity contribution in [3.8, 4) is 0 Å². The van der Waals surface area contributed by atoms with Gasteiger partial charge in [-0.1, -0.05) is 27.2 Å². The molecule has 2 unspecified atom stereocenters. The fourth-order valence-electron chi connectivity index (χ4n) is 1.73. The summed E-state index contributed by atoms with van der Waals surface area (Å²) in [5.74, 6) is -3.81. The van der Waals surface area contributed by atoms with E-state index in [9.17, 15) is 17.6 Å². The van der Waals surface area contributed by atoms with Gasteiger partial charge in [-0.25, -0.2) is 8.78 Å². The molecule has 2 nitrogen and oxygen atoms in total. The van der Waals surface area contributed by atoms with Crippen molar-refractivity contribution in [3.63, 3.8) is 0 Å². The Morgan fingerprint density at radius 3 is 2.28 bits per heavy atom. The normalized spacial score (nSPS) is 16.0. The highest BCUT2D eigenvalue weighted by molar-refractivity contribution is 4.74. The number of ether oxygens (including phenoxy) is 1. The molecule has 0 amide bonds. The Kier molecular flexibility index (Phi) is 8.52. The van der Waals surface area contributed by atoms with Crippen LogP contribution < -0.4 is 5.32 Å². The molecule has 0 saturated carbocycles. The van der Waals surface area contributed by atoms with Crippen molar-refractivity contribution in [3.05, 3.63) is 0 Å². The van der Waals surface area contributed by atoms with Gasteiger partial charge in [-0.15, -0.1) is 0 Å². The summed E-state index contributed by atoms with van der Waals surface area (Å²) in [5, 5.41) is 3.13. The lowest BCUT2D eigenvalue weighted by Gasteiger charge is -2.25. The fourth-order valence-corrected chi connectivity index (χ4v) is 1.73. The summed E-state index contributed by atoms with van der Waals surface area (Å²) in [5.41, 5.74) is 0. The van der Waals surface area contributed by atoms with Crippen LogP contribution in [0, 0.1) is 5.92 Å². The Morgan fingerprint density at radius 1 is 1.22 bits per heavy atom. The average Bonchev–Trinajstić information content (AvgIpc) is 2.27. The third kappa shape index (κ3) is 6.54. The molecule has 1 N–H and O–H groups in total. The minimum atomic E-state index is -4.06. The first-order chi connectivity index (χ1) is 8.35. The molecule has 0 bridgehead atoms. The molecule has 0 aliphatic heterocycles. The molecule has 0 saturated heterocycles. The van der Waals surface area contributed by atoms with E-state index in [-0.39, 0.29) is 18.6 Å². The van der Waals surface area contributed by atoms with Crippen molar-refractivity contribution in [1.29, 1.82) is 0 Å². The quantitative estimate of drug-likeness (QED) is 0.617. The van der Waals surface area contributed by atoms with E-state index in [0.29, 0.717) is 6.54 Å². The fraction of sp³-hybridized carbons (Fsp3) is 1.00. The Morgan fingerprint density at radius 2 is 1.83 bits per heavy atom. The van der Waals surface area contributed by atoms with Gasteiger partial charge in [-0.05, 0) is 18.9 Å². The second-order valence-electron chi connectivity index (χ2n) is 4.51. The van der Waals surface area contributed by atoms with Gasteiger partial charge in [0.25, 0.3) is 0 Å². The predicted molar refractivity (Wildman–Crippen MR) is 63.3 cm³/mol. The van der Waals surface area contributed by atoms with Crippen molar-refractivity contribution in [2.75, 3.05) is 19.8 Å². The summed E-state index contributed by atoms with van der Waals surface area (Å²) in [6.07, 6.45) is -1.76. The summed E-state index contributed by atoms with van der Waals surface area (Å²) in [4.78, 5) is 0. The summed E-state index contributed by atoms with van der Waals surface area (Å²) < 4.78 is 53.9. The molecule has 0 aromatic carbocycles. The maximum absolute atomic E-state index is 12.6. The zero-order valence-electron chi connectivity index (χ0n) is 11.2. The van der Waals surface area contributed by atoms with Crippen molar-refractivity contribution >= 4 is 0 Å². The van der Waals surface area contributed by atoms with Gasteiger partial charge in [0.15, 0.2) is 0 Å². The van der Waals surface area contributed by atoms with Crippen LogP contribution in [0.15, 0.2) is 0 Å². The third-order valence-corrected chi connectivity index (χ3v) is 2.81. The highest BCUT2D eigenvalue weighted by atomic mass is 19.3. The Bertz CT molecular complexity index is 214. The molecule has 0 fully saturated rings. The van der Waals surface area contributed by atoms with E-state index in [1.165, 1.54) is 0 Å². The predicted octanol–water partition coefficient (Wildman–Crippen LogP) is 3.32. The minimum absolute atomic E-state index is 0.0251. The largest absolute Gasteiger partial charge is 0.373 e. The second kappa shape index (κ2) is 8.69. The zero-order valence-corrected chi connectivity index (χ0v) is 11.2. The monoisotopic (exact) mass is 273 g/mol. The maximum Gasteiger partial charge on any atom is 0.330 e. The number of alkyl halides is 4. The number of nitrogens with one attached hydrogen (secondary N) is 1. The molecule has 6 heteroatoms. The Labute approximate surface area is 106 Å². The van der Waals surface area contributed by atoms with E-state index in [2.05, 4.69) is 5.32 Å². The number of hydrogen-bond acceptors (Lipinski definition) is 2. The van der Waals surface area contributed by atoms with Crippen LogP contribution in [-0.4, -0.2) is 38.1 Å². The van der Waals surface area contributed by atoms with Crippen LogP contribution in [0.25, 0.3) is 0 Å². The van der Waals surface area contributed by atoms with E-state index in [0.717, 1.165) is 12.8 Å². The topological polar surface area (TPSA) is 21.3 Å². The first kappa shape index (κ1) is 17.6. The first-order valence-electron chi connectivity index (χ1n) is 6.32. The van der Waals surface area contributed by atoms with Gasteiger partial charge < -0.3 is 10.1 Å². The molecule has 2 atom stereocenters. The standard InChI is InChI=1S/C12H23F4NO/c1-4-6-9(3)10(17-5-2)7-18-8-12(15,16)11(13)14/h9-11,17H,4-8H2,1-3H3. The maximum atomic E-state index is 12.6. The van der Waals surface area contributed by atoms with E-state index < -0.39 is 19.0 Å². The Hall–Kier alpha value is -0.360. The van der Waals surface area contributed by atoms with Crippen LogP contribution in [0.2, 0.25) is 0 Å². The van der Waals surface area contributed by atoms with Gasteiger partial charge in [0.05, 0.1) is 6.61 Å². The van der Waals surface area contributed by atoms with Crippen LogP contribution in [-0.2, 0) is 4.74 Å². The van der Waals surface area contributed by atoms with Gasteiger partial charge in [0, 0.05) is 6.04 Å². The Balaban J connectivity index is 4.11. The van der Waals surface area contributed by atoms with Crippen LogP contribution in [0.5, 0.6) is 0 Å². The molecular formula is C12H23F4NO. The van der Waals surface area contributed by atoms with Crippen LogP contribution in [0.3, 0.4) is 0 Å². The van der Waals surface area contributed by atoms with Crippen LogP contribution in [0.1, 0.15) is 33.6 Å². The SMILES string of the molecule is CCCC(C)C(COCC(F)(F)C(F)F)NCC. The summed E-state index contributed by atoms with van der Waals surface area (Å²) in [6.45, 7) is 5.41. The first-order valence-corrected chi connectivity index (χ1v) is 6.32. The number of rotatable bonds is 10. The average molecular weight is 273 g/mol. The molecular weight excluding hydrogens is 250 g/mol. The molecule has 110 valence electrons. The number of likely N-dealkylation sites (N-methyl/N-ethyl adjacent to an activating group) is 1. The van der Waals surface area contributed by atoms with E-state index in [1.807, 2.05) is 20.8 Å². The smallest absolute Gasteiger partial charge is 0.330 e. The van der Waals surface area contributed by atoms with Crippen molar-refractivity contribution < 1.29 is 22.3 Å². The summed E-state index contributed by atoms with van der Waals surface area (Å²) >= 11 is 0. The highest BCUT2D eigenvalue weighted by Crippen LogP contribution is 2.23. The third-order valence-electron chi connectivity index (χ3n) is 2.81. The van der Waals surface area contributed by atoms with Crippen molar-refractivity contribution in [1.82, 2.24) is 5.32 Å². The van der Waals surface area contributed by atoms with Crippen LogP contribution >= 0.6 is 0 Å². The number of hydrogen-bond donors (Lipinski definition) is 1. The lowest BCUT2D eigenvalue weighted by atomic mass is 9.97. The molecule has 0 aromatic rings. The van der Waals surface area contributed by atoms with Gasteiger partial charge in [-0.3, -0.25) is 0 Å². The molecule has 0 rings (SSSR count). The van der Waals surface area contributed by atoms with Gasteiger partial charge in [0.2, 0.25) is 0 Å². The zero-order chi connectivity index (χ0) is 14.2. The number of halogens is 4. The molecule has 0 aliphatic carbocycles. The van der Waals surface area contributed by atoms with Crippen molar-refractivity contribution in [2.24, 2.45) is 5.92 Å². The lowest BCUT2D eigenvalue weighted by Crippen LogP contribution is -2.41. The minimum Gasteiger partial charge on any atom is -0.373 e. The molecule has 18 heavy (non-hydrogen) atoms. The molecule has 0 heterocycles. The highest BCUT2D eigenvalue weighted by Gasteiger charge is 2.41. The summed E-state index contributed by atoms with van der Waals surface area (Å²) in [7, 11) is 0. The second-order valence-corrected chi connectivity index (χ2v) is 4.51. The van der Waals surface area contributed by atoms with E-state index in [4.69, 9.17) is 4.74 Å². The van der Waals surface area contributed by atoms with Crippen molar-refractivity contribution in [2.45, 2.75) is 52.0 Å². The summed E-state index contributed by atoms with van der Waals surface area (Å²) in [6, 6.07) is -0.0802. The molecule has 0 spiro atoms. The van der Waals surface area contributed by atoms with Gasteiger partial charge in [-0.2, -0.15) is 8.78 Å². The van der Waals surface area contributed by atoms with Gasteiger partial charge >= 0.3 is 12.3 Å². The molecule has 0 aromatic heterocycles. The van der Waals surface area contributed by atoms with E-state index >= 15 is 0 Å². The molecule has 0 aliphatic rings. The van der Waals surface area contributed by atoms with Crippen LogP contribution in [0.4, 0.5) is 17.6 Å². The van der Waals surface area contributed by atoms with E-state index in [1.54, 1.807) is 0 Å². The lowest BCUT2D eigenvalue weighted by molar-refractivity contribution is -0.167. The molecule has 0 radical (unpaired) electrons. The van der Waals surface area contributed by atoms with Gasteiger partial charge in [0.1, 0.15) is 6.61 Å².